The highest BCUT2D eigenvalue weighted by Crippen LogP contribution is 2.30. The number of rotatable bonds is 1. The predicted octanol–water partition coefficient (Wildman–Crippen LogP) is 1.90. The molecule has 2 rings (SSSR count). The first-order valence-corrected chi connectivity index (χ1v) is 4.72. The first-order chi connectivity index (χ1) is 6.33. The molecule has 1 atom stereocenters. The summed E-state index contributed by atoms with van der Waals surface area (Å²) in [5, 5.41) is 3.43. The van der Waals surface area contributed by atoms with E-state index in [1.54, 1.807) is 7.11 Å². The molecule has 13 heavy (non-hydrogen) atoms. The van der Waals surface area contributed by atoms with Gasteiger partial charge in [0.2, 0.25) is 0 Å². The lowest BCUT2D eigenvalue weighted by molar-refractivity contribution is 0.396. The Balaban J connectivity index is 2.50. The molecule has 0 saturated carbocycles. The van der Waals surface area contributed by atoms with Crippen LogP contribution in [0.5, 0.6) is 5.75 Å². The minimum absolute atomic E-state index is 0.417. The quantitative estimate of drug-likeness (QED) is 0.707. The Morgan fingerprint density at radius 1 is 1.46 bits per heavy atom. The third-order valence-corrected chi connectivity index (χ3v) is 2.65. The van der Waals surface area contributed by atoms with Gasteiger partial charge in [0.15, 0.2) is 0 Å². The Kier molecular flexibility index (Phi) is 2.23. The van der Waals surface area contributed by atoms with Crippen molar-refractivity contribution in [3.05, 3.63) is 29.3 Å². The molecule has 2 nitrogen and oxygen atoms in total. The van der Waals surface area contributed by atoms with Crippen molar-refractivity contribution in [3.63, 3.8) is 0 Å². The minimum atomic E-state index is 0.417. The molecule has 0 bridgehead atoms. The Labute approximate surface area is 78.9 Å². The number of methoxy groups -OCH3 is 1. The Bertz CT molecular complexity index is 295. The van der Waals surface area contributed by atoms with Crippen LogP contribution in [0.15, 0.2) is 18.2 Å². The van der Waals surface area contributed by atoms with Crippen LogP contribution in [0.2, 0.25) is 0 Å². The van der Waals surface area contributed by atoms with Crippen molar-refractivity contribution in [1.82, 2.24) is 5.32 Å². The largest absolute Gasteiger partial charge is 0.496 e. The fourth-order valence-electron chi connectivity index (χ4n) is 2.00. The van der Waals surface area contributed by atoms with Gasteiger partial charge >= 0.3 is 0 Å². The molecule has 1 aromatic carbocycles. The predicted molar refractivity (Wildman–Crippen MR) is 53.1 cm³/mol. The second-order valence-corrected chi connectivity index (χ2v) is 3.46. The molecule has 1 heterocycles. The van der Waals surface area contributed by atoms with E-state index in [4.69, 9.17) is 4.74 Å². The lowest BCUT2D eigenvalue weighted by Crippen LogP contribution is -2.28. The molecule has 0 aliphatic carbocycles. The van der Waals surface area contributed by atoms with Gasteiger partial charge in [0.05, 0.1) is 7.11 Å². The molecule has 0 radical (unpaired) electrons. The topological polar surface area (TPSA) is 21.3 Å². The van der Waals surface area contributed by atoms with Crippen LogP contribution < -0.4 is 10.1 Å². The van der Waals surface area contributed by atoms with Crippen molar-refractivity contribution in [2.75, 3.05) is 13.7 Å². The molecule has 0 unspecified atom stereocenters. The second-order valence-electron chi connectivity index (χ2n) is 3.46. The third-order valence-electron chi connectivity index (χ3n) is 2.65. The van der Waals surface area contributed by atoms with Crippen molar-refractivity contribution in [2.45, 2.75) is 19.4 Å². The summed E-state index contributed by atoms with van der Waals surface area (Å²) < 4.78 is 5.34. The van der Waals surface area contributed by atoms with Crippen molar-refractivity contribution >= 4 is 0 Å². The smallest absolute Gasteiger partial charge is 0.123 e. The summed E-state index contributed by atoms with van der Waals surface area (Å²) in [6, 6.07) is 6.70. The van der Waals surface area contributed by atoms with Gasteiger partial charge in [-0.3, -0.25) is 0 Å². The van der Waals surface area contributed by atoms with Gasteiger partial charge in [0.25, 0.3) is 0 Å². The fraction of sp³-hybridized carbons (Fsp3) is 0.455. The van der Waals surface area contributed by atoms with Crippen molar-refractivity contribution in [2.24, 2.45) is 0 Å². The fourth-order valence-corrected chi connectivity index (χ4v) is 2.00. The van der Waals surface area contributed by atoms with Gasteiger partial charge in [-0.25, -0.2) is 0 Å². The summed E-state index contributed by atoms with van der Waals surface area (Å²) in [5.41, 5.74) is 2.75. The number of hydrogen-bond donors (Lipinski definition) is 1. The second kappa shape index (κ2) is 3.38. The standard InChI is InChI=1S/C11H15NO/c1-8-11-9(6-7-12-8)4-3-5-10(11)13-2/h3-5,8,12H,6-7H2,1-2H3/t8-/m1/s1. The number of fused-ring (bicyclic) bond motifs is 1. The zero-order chi connectivity index (χ0) is 9.26. The van der Waals surface area contributed by atoms with Crippen molar-refractivity contribution in [3.8, 4) is 5.75 Å². The SMILES string of the molecule is COc1cccc2c1[C@@H](C)NCC2. The van der Waals surface area contributed by atoms with E-state index in [0.29, 0.717) is 6.04 Å². The zero-order valence-corrected chi connectivity index (χ0v) is 8.13. The lowest BCUT2D eigenvalue weighted by atomic mass is 9.94. The van der Waals surface area contributed by atoms with E-state index in [1.165, 1.54) is 11.1 Å². The van der Waals surface area contributed by atoms with Gasteiger partial charge in [0.1, 0.15) is 5.75 Å². The monoisotopic (exact) mass is 177 g/mol. The molecule has 1 N–H and O–H groups in total. The first-order valence-electron chi connectivity index (χ1n) is 4.72. The van der Waals surface area contributed by atoms with Crippen molar-refractivity contribution < 1.29 is 4.74 Å². The van der Waals surface area contributed by atoms with Crippen molar-refractivity contribution in [1.29, 1.82) is 0 Å². The average molecular weight is 177 g/mol. The van der Waals surface area contributed by atoms with E-state index in [2.05, 4.69) is 24.4 Å². The van der Waals surface area contributed by atoms with Crippen LogP contribution in [0.25, 0.3) is 0 Å². The molecule has 70 valence electrons. The molecule has 1 aliphatic rings. The summed E-state index contributed by atoms with van der Waals surface area (Å²) in [7, 11) is 1.73. The van der Waals surface area contributed by atoms with Gasteiger partial charge in [-0.1, -0.05) is 12.1 Å². The van der Waals surface area contributed by atoms with Crippen LogP contribution in [0.1, 0.15) is 24.1 Å². The summed E-state index contributed by atoms with van der Waals surface area (Å²) in [5.74, 6) is 1.01. The molecule has 0 spiro atoms. The maximum Gasteiger partial charge on any atom is 0.123 e. The zero-order valence-electron chi connectivity index (χ0n) is 8.13. The maximum absolute atomic E-state index is 5.34. The van der Waals surface area contributed by atoms with E-state index in [9.17, 15) is 0 Å². The van der Waals surface area contributed by atoms with Crippen LogP contribution >= 0.6 is 0 Å². The average Bonchev–Trinajstić information content (AvgIpc) is 2.17. The molecule has 2 heteroatoms. The molecular weight excluding hydrogens is 162 g/mol. The number of ether oxygens (including phenoxy) is 1. The van der Waals surface area contributed by atoms with Gasteiger partial charge < -0.3 is 10.1 Å². The molecule has 0 aromatic heterocycles. The number of hydrogen-bond acceptors (Lipinski definition) is 2. The van der Waals surface area contributed by atoms with E-state index in [1.807, 2.05) is 6.07 Å². The first kappa shape index (κ1) is 8.57. The van der Waals surface area contributed by atoms with Gasteiger partial charge in [0, 0.05) is 11.6 Å². The summed E-state index contributed by atoms with van der Waals surface area (Å²) in [4.78, 5) is 0. The normalized spacial score (nSPS) is 20.9. The highest BCUT2D eigenvalue weighted by Gasteiger charge is 2.18. The molecule has 1 aliphatic heterocycles. The van der Waals surface area contributed by atoms with Gasteiger partial charge in [-0.15, -0.1) is 0 Å². The Morgan fingerprint density at radius 2 is 2.31 bits per heavy atom. The highest BCUT2D eigenvalue weighted by molar-refractivity contribution is 5.43. The number of nitrogens with one attached hydrogen (secondary N) is 1. The molecular formula is C11H15NO. The van der Waals surface area contributed by atoms with E-state index >= 15 is 0 Å². The molecule has 1 aromatic rings. The highest BCUT2D eigenvalue weighted by atomic mass is 16.5. The van der Waals surface area contributed by atoms with Gasteiger partial charge in [-0.2, -0.15) is 0 Å². The van der Waals surface area contributed by atoms with Crippen LogP contribution in [0, 0.1) is 0 Å². The van der Waals surface area contributed by atoms with E-state index in [0.717, 1.165) is 18.7 Å². The van der Waals surface area contributed by atoms with Crippen LogP contribution in [0.4, 0.5) is 0 Å². The maximum atomic E-state index is 5.34. The van der Waals surface area contributed by atoms with E-state index in [-0.39, 0.29) is 0 Å². The molecule has 0 saturated heterocycles. The Morgan fingerprint density at radius 3 is 3.08 bits per heavy atom. The number of benzene rings is 1. The minimum Gasteiger partial charge on any atom is -0.496 e. The lowest BCUT2D eigenvalue weighted by Gasteiger charge is -2.25. The van der Waals surface area contributed by atoms with Gasteiger partial charge in [-0.05, 0) is 31.5 Å². The van der Waals surface area contributed by atoms with Crippen LogP contribution in [0.3, 0.4) is 0 Å². The van der Waals surface area contributed by atoms with Crippen LogP contribution in [-0.4, -0.2) is 13.7 Å². The third kappa shape index (κ3) is 1.42. The molecule has 0 fully saturated rings. The van der Waals surface area contributed by atoms with Crippen LogP contribution in [-0.2, 0) is 6.42 Å². The summed E-state index contributed by atoms with van der Waals surface area (Å²) in [6.45, 7) is 3.25. The van der Waals surface area contributed by atoms with E-state index < -0.39 is 0 Å². The Hall–Kier alpha value is -1.02. The molecule has 0 amide bonds. The summed E-state index contributed by atoms with van der Waals surface area (Å²) >= 11 is 0. The summed E-state index contributed by atoms with van der Waals surface area (Å²) in [6.07, 6.45) is 1.11.